The molecule has 0 aliphatic carbocycles. The molecule has 1 amide bonds. The number of benzene rings is 2. The quantitative estimate of drug-likeness (QED) is 0.842. The van der Waals surface area contributed by atoms with E-state index in [4.69, 9.17) is 11.6 Å². The highest BCUT2D eigenvalue weighted by Crippen LogP contribution is 2.37. The third-order valence-electron chi connectivity index (χ3n) is 4.22. The second-order valence-electron chi connectivity index (χ2n) is 5.95. The van der Waals surface area contributed by atoms with Gasteiger partial charge in [-0.25, -0.2) is 0 Å². The van der Waals surface area contributed by atoms with Crippen LogP contribution in [-0.2, 0) is 11.0 Å². The number of halogens is 4. The number of anilines is 2. The van der Waals surface area contributed by atoms with Crippen LogP contribution in [0.25, 0.3) is 0 Å². The van der Waals surface area contributed by atoms with Gasteiger partial charge in [0.1, 0.15) is 0 Å². The van der Waals surface area contributed by atoms with Gasteiger partial charge in [0.15, 0.2) is 0 Å². The van der Waals surface area contributed by atoms with Gasteiger partial charge in [0.05, 0.1) is 16.5 Å². The second-order valence-corrected chi connectivity index (χ2v) is 6.36. The molecule has 25 heavy (non-hydrogen) atoms. The van der Waals surface area contributed by atoms with Crippen LogP contribution >= 0.6 is 11.6 Å². The van der Waals surface area contributed by atoms with Crippen LogP contribution in [0.2, 0.25) is 5.02 Å². The molecule has 1 aliphatic heterocycles. The Morgan fingerprint density at radius 1 is 1.16 bits per heavy atom. The number of amides is 1. The fourth-order valence-corrected chi connectivity index (χ4v) is 3.13. The molecule has 0 radical (unpaired) electrons. The van der Waals surface area contributed by atoms with Gasteiger partial charge in [-0.3, -0.25) is 4.79 Å². The van der Waals surface area contributed by atoms with Crippen molar-refractivity contribution in [2.24, 2.45) is 5.92 Å². The summed E-state index contributed by atoms with van der Waals surface area (Å²) in [7, 11) is 0. The Morgan fingerprint density at radius 2 is 1.88 bits per heavy atom. The predicted octanol–water partition coefficient (Wildman–Crippen LogP) is 4.82. The first-order chi connectivity index (χ1) is 11.8. The van der Waals surface area contributed by atoms with Gasteiger partial charge in [0, 0.05) is 24.5 Å². The van der Waals surface area contributed by atoms with E-state index >= 15 is 0 Å². The summed E-state index contributed by atoms with van der Waals surface area (Å²) in [5.74, 6) is -0.399. The number of nitrogens with one attached hydrogen (secondary N) is 1. The molecule has 2 aromatic rings. The van der Waals surface area contributed by atoms with Crippen molar-refractivity contribution in [1.29, 1.82) is 0 Å². The minimum atomic E-state index is -4.50. The molecule has 3 rings (SSSR count). The van der Waals surface area contributed by atoms with Crippen LogP contribution < -0.4 is 10.2 Å². The maximum Gasteiger partial charge on any atom is 0.417 e. The Labute approximate surface area is 148 Å². The SMILES string of the molecule is O=C(Nc1ccccc1)C1CCN(c2ccc(Cl)c(C(F)(F)F)c2)C1. The Kier molecular flexibility index (Phi) is 4.90. The monoisotopic (exact) mass is 368 g/mol. The number of para-hydroxylation sites is 1. The lowest BCUT2D eigenvalue weighted by Gasteiger charge is -2.20. The van der Waals surface area contributed by atoms with Gasteiger partial charge in [0.2, 0.25) is 5.91 Å². The topological polar surface area (TPSA) is 32.3 Å². The summed E-state index contributed by atoms with van der Waals surface area (Å²) in [4.78, 5) is 14.1. The highest BCUT2D eigenvalue weighted by Gasteiger charge is 2.35. The molecule has 1 atom stereocenters. The van der Waals surface area contributed by atoms with E-state index in [1.165, 1.54) is 6.07 Å². The molecule has 1 N–H and O–H groups in total. The Balaban J connectivity index is 1.70. The zero-order chi connectivity index (χ0) is 18.0. The number of hydrogen-bond donors (Lipinski definition) is 1. The number of hydrogen-bond acceptors (Lipinski definition) is 2. The standard InChI is InChI=1S/C18H16ClF3N2O/c19-16-7-6-14(10-15(16)18(20,21)22)24-9-8-12(11-24)17(25)23-13-4-2-1-3-5-13/h1-7,10,12H,8-9,11H2,(H,23,25). The summed E-state index contributed by atoms with van der Waals surface area (Å²) in [6.45, 7) is 0.892. The van der Waals surface area contributed by atoms with Gasteiger partial charge in [0.25, 0.3) is 0 Å². The molecule has 2 aromatic carbocycles. The first-order valence-electron chi connectivity index (χ1n) is 7.82. The van der Waals surface area contributed by atoms with Gasteiger partial charge in [-0.1, -0.05) is 29.8 Å². The smallest absolute Gasteiger partial charge is 0.371 e. The lowest BCUT2D eigenvalue weighted by molar-refractivity contribution is -0.137. The van der Waals surface area contributed by atoms with Crippen molar-refractivity contribution in [3.8, 4) is 0 Å². The molecule has 0 spiro atoms. The van der Waals surface area contributed by atoms with E-state index in [2.05, 4.69) is 5.32 Å². The van der Waals surface area contributed by atoms with Crippen molar-refractivity contribution >= 4 is 28.9 Å². The normalized spacial score (nSPS) is 17.6. The van der Waals surface area contributed by atoms with E-state index in [-0.39, 0.29) is 16.8 Å². The molecule has 132 valence electrons. The van der Waals surface area contributed by atoms with E-state index in [0.29, 0.717) is 30.9 Å². The molecule has 1 unspecified atom stereocenters. The van der Waals surface area contributed by atoms with Gasteiger partial charge in [-0.05, 0) is 36.8 Å². The van der Waals surface area contributed by atoms with Crippen LogP contribution in [0.15, 0.2) is 48.5 Å². The molecule has 1 heterocycles. The van der Waals surface area contributed by atoms with Crippen LogP contribution in [0.4, 0.5) is 24.5 Å². The minimum absolute atomic E-state index is 0.126. The van der Waals surface area contributed by atoms with E-state index in [1.807, 2.05) is 18.2 Å². The summed E-state index contributed by atoms with van der Waals surface area (Å²) < 4.78 is 39.0. The fraction of sp³-hybridized carbons (Fsp3) is 0.278. The van der Waals surface area contributed by atoms with Crippen LogP contribution in [-0.4, -0.2) is 19.0 Å². The van der Waals surface area contributed by atoms with E-state index in [0.717, 1.165) is 6.07 Å². The summed E-state index contributed by atoms with van der Waals surface area (Å²) in [5, 5.41) is 2.51. The zero-order valence-electron chi connectivity index (χ0n) is 13.2. The van der Waals surface area contributed by atoms with Gasteiger partial charge in [-0.15, -0.1) is 0 Å². The number of alkyl halides is 3. The predicted molar refractivity (Wildman–Crippen MR) is 91.8 cm³/mol. The number of rotatable bonds is 3. The van der Waals surface area contributed by atoms with Crippen molar-refractivity contribution in [2.75, 3.05) is 23.3 Å². The van der Waals surface area contributed by atoms with Crippen LogP contribution in [0.3, 0.4) is 0 Å². The average Bonchev–Trinajstić information content (AvgIpc) is 3.05. The van der Waals surface area contributed by atoms with E-state index < -0.39 is 11.7 Å². The number of carbonyl (C=O) groups is 1. The van der Waals surface area contributed by atoms with Gasteiger partial charge in [-0.2, -0.15) is 13.2 Å². The summed E-state index contributed by atoms with van der Waals surface area (Å²) in [5.41, 5.74) is 0.271. The van der Waals surface area contributed by atoms with E-state index in [1.54, 1.807) is 23.1 Å². The largest absolute Gasteiger partial charge is 0.417 e. The molecule has 1 saturated heterocycles. The number of nitrogens with zero attached hydrogens (tertiary/aromatic N) is 1. The Morgan fingerprint density at radius 3 is 2.56 bits per heavy atom. The highest BCUT2D eigenvalue weighted by atomic mass is 35.5. The van der Waals surface area contributed by atoms with Crippen molar-refractivity contribution in [1.82, 2.24) is 0 Å². The maximum absolute atomic E-state index is 13.0. The molecule has 0 bridgehead atoms. The van der Waals surface area contributed by atoms with Gasteiger partial charge < -0.3 is 10.2 Å². The summed E-state index contributed by atoms with van der Waals surface area (Å²) in [6.07, 6.45) is -3.92. The molecule has 1 fully saturated rings. The maximum atomic E-state index is 13.0. The zero-order valence-corrected chi connectivity index (χ0v) is 13.9. The first kappa shape index (κ1) is 17.6. The molecule has 1 aliphatic rings. The number of carbonyl (C=O) groups excluding carboxylic acids is 1. The second kappa shape index (κ2) is 6.96. The third-order valence-corrected chi connectivity index (χ3v) is 4.55. The summed E-state index contributed by atoms with van der Waals surface area (Å²) in [6, 6.07) is 12.9. The van der Waals surface area contributed by atoms with Crippen LogP contribution in [0.1, 0.15) is 12.0 Å². The van der Waals surface area contributed by atoms with Crippen LogP contribution in [0.5, 0.6) is 0 Å². The van der Waals surface area contributed by atoms with Crippen LogP contribution in [0, 0.1) is 5.92 Å². The average molecular weight is 369 g/mol. The molecule has 0 aromatic heterocycles. The van der Waals surface area contributed by atoms with Gasteiger partial charge >= 0.3 is 6.18 Å². The molecular weight excluding hydrogens is 353 g/mol. The highest BCUT2D eigenvalue weighted by molar-refractivity contribution is 6.31. The van der Waals surface area contributed by atoms with Crippen molar-refractivity contribution in [3.63, 3.8) is 0 Å². The molecule has 0 saturated carbocycles. The Bertz CT molecular complexity index is 765. The molecular formula is C18H16ClF3N2O. The lowest BCUT2D eigenvalue weighted by Crippen LogP contribution is -2.27. The summed E-state index contributed by atoms with van der Waals surface area (Å²) >= 11 is 5.65. The van der Waals surface area contributed by atoms with Crippen molar-refractivity contribution in [3.05, 3.63) is 59.1 Å². The molecule has 7 heteroatoms. The van der Waals surface area contributed by atoms with Crippen molar-refractivity contribution in [2.45, 2.75) is 12.6 Å². The molecule has 3 nitrogen and oxygen atoms in total. The van der Waals surface area contributed by atoms with E-state index in [9.17, 15) is 18.0 Å². The third kappa shape index (κ3) is 4.07. The Hall–Kier alpha value is -2.21. The fourth-order valence-electron chi connectivity index (χ4n) is 2.90. The lowest BCUT2D eigenvalue weighted by atomic mass is 10.1. The van der Waals surface area contributed by atoms with Crippen molar-refractivity contribution < 1.29 is 18.0 Å². The minimum Gasteiger partial charge on any atom is -0.371 e. The first-order valence-corrected chi connectivity index (χ1v) is 8.20.